The lowest BCUT2D eigenvalue weighted by Crippen LogP contribution is -2.50. The Hall–Kier alpha value is -2.16. The average molecular weight is 268 g/mol. The van der Waals surface area contributed by atoms with E-state index < -0.39 is 0 Å². The van der Waals surface area contributed by atoms with Gasteiger partial charge in [0.2, 0.25) is 5.89 Å². The maximum atomic E-state index is 9.15. The number of oxazole rings is 1. The van der Waals surface area contributed by atoms with E-state index >= 15 is 0 Å². The molecule has 2 heterocycles. The Morgan fingerprint density at radius 3 is 3.05 bits per heavy atom. The zero-order chi connectivity index (χ0) is 13.8. The highest BCUT2D eigenvalue weighted by Gasteiger charge is 2.22. The fraction of sp³-hybridized carbons (Fsp3) is 0.333. The first kappa shape index (κ1) is 12.9. The first-order valence-electron chi connectivity index (χ1n) is 6.71. The zero-order valence-electron chi connectivity index (χ0n) is 11.1. The highest BCUT2D eigenvalue weighted by atomic mass is 16.3. The fourth-order valence-corrected chi connectivity index (χ4v) is 2.36. The molecule has 2 aromatic rings. The summed E-state index contributed by atoms with van der Waals surface area (Å²) in [6, 6.07) is 12.0. The van der Waals surface area contributed by atoms with E-state index in [9.17, 15) is 0 Å². The SMILES string of the molecule is N#CC1CNCCN1Cc1coc(-c2ccccc2)n1. The quantitative estimate of drug-likeness (QED) is 0.916. The first-order chi connectivity index (χ1) is 9.86. The van der Waals surface area contributed by atoms with E-state index in [2.05, 4.69) is 21.3 Å². The topological polar surface area (TPSA) is 65.1 Å². The molecule has 5 nitrogen and oxygen atoms in total. The van der Waals surface area contributed by atoms with Crippen molar-refractivity contribution in [3.63, 3.8) is 0 Å². The average Bonchev–Trinajstić information content (AvgIpc) is 2.97. The van der Waals surface area contributed by atoms with Crippen molar-refractivity contribution in [3.8, 4) is 17.5 Å². The lowest BCUT2D eigenvalue weighted by atomic mass is 10.2. The van der Waals surface area contributed by atoms with E-state index in [1.54, 1.807) is 6.26 Å². The highest BCUT2D eigenvalue weighted by molar-refractivity contribution is 5.52. The predicted octanol–water partition coefficient (Wildman–Crippen LogP) is 1.64. The van der Waals surface area contributed by atoms with Gasteiger partial charge in [-0.1, -0.05) is 18.2 Å². The lowest BCUT2D eigenvalue weighted by Gasteiger charge is -2.30. The van der Waals surface area contributed by atoms with Gasteiger partial charge in [0.15, 0.2) is 0 Å². The van der Waals surface area contributed by atoms with E-state index in [1.807, 2.05) is 30.3 Å². The molecule has 1 saturated heterocycles. The van der Waals surface area contributed by atoms with Crippen LogP contribution in [0, 0.1) is 11.3 Å². The summed E-state index contributed by atoms with van der Waals surface area (Å²) in [6.07, 6.45) is 1.68. The number of rotatable bonds is 3. The zero-order valence-corrected chi connectivity index (χ0v) is 11.1. The van der Waals surface area contributed by atoms with E-state index in [-0.39, 0.29) is 6.04 Å². The van der Waals surface area contributed by atoms with Gasteiger partial charge in [-0.3, -0.25) is 4.90 Å². The van der Waals surface area contributed by atoms with Crippen LogP contribution in [-0.4, -0.2) is 35.6 Å². The molecule has 0 aliphatic carbocycles. The number of hydrogen-bond acceptors (Lipinski definition) is 5. The Bertz CT molecular complexity index is 602. The van der Waals surface area contributed by atoms with Gasteiger partial charge in [0.25, 0.3) is 0 Å². The van der Waals surface area contributed by atoms with Crippen LogP contribution in [0.2, 0.25) is 0 Å². The maximum Gasteiger partial charge on any atom is 0.226 e. The summed E-state index contributed by atoms with van der Waals surface area (Å²) < 4.78 is 5.52. The van der Waals surface area contributed by atoms with Gasteiger partial charge in [-0.2, -0.15) is 5.26 Å². The molecule has 0 radical (unpaired) electrons. The Morgan fingerprint density at radius 2 is 2.25 bits per heavy atom. The summed E-state index contributed by atoms with van der Waals surface area (Å²) in [5.41, 5.74) is 1.84. The molecule has 1 fully saturated rings. The van der Waals surface area contributed by atoms with Crippen LogP contribution in [0.3, 0.4) is 0 Å². The molecule has 1 unspecified atom stereocenters. The molecule has 0 amide bonds. The summed E-state index contributed by atoms with van der Waals surface area (Å²) in [6.45, 7) is 3.11. The normalized spacial score (nSPS) is 19.6. The highest BCUT2D eigenvalue weighted by Crippen LogP contribution is 2.19. The van der Waals surface area contributed by atoms with Crippen LogP contribution in [0.15, 0.2) is 41.0 Å². The van der Waals surface area contributed by atoms with Crippen LogP contribution in [-0.2, 0) is 6.54 Å². The van der Waals surface area contributed by atoms with Crippen molar-refractivity contribution < 1.29 is 4.42 Å². The molecule has 0 bridgehead atoms. The van der Waals surface area contributed by atoms with E-state index in [0.717, 1.165) is 24.3 Å². The minimum absolute atomic E-state index is 0.0966. The van der Waals surface area contributed by atoms with Crippen molar-refractivity contribution in [2.24, 2.45) is 0 Å². The summed E-state index contributed by atoms with van der Waals surface area (Å²) in [7, 11) is 0. The van der Waals surface area contributed by atoms with Gasteiger partial charge < -0.3 is 9.73 Å². The first-order valence-corrected chi connectivity index (χ1v) is 6.71. The third-order valence-corrected chi connectivity index (χ3v) is 3.44. The Morgan fingerprint density at radius 1 is 1.40 bits per heavy atom. The second kappa shape index (κ2) is 5.87. The third-order valence-electron chi connectivity index (χ3n) is 3.44. The molecule has 20 heavy (non-hydrogen) atoms. The minimum atomic E-state index is -0.0966. The summed E-state index contributed by atoms with van der Waals surface area (Å²) >= 11 is 0. The van der Waals surface area contributed by atoms with Crippen LogP contribution in [0.25, 0.3) is 11.5 Å². The molecule has 1 aromatic heterocycles. The van der Waals surface area contributed by atoms with Gasteiger partial charge in [0.1, 0.15) is 12.3 Å². The van der Waals surface area contributed by atoms with Crippen molar-refractivity contribution in [1.29, 1.82) is 5.26 Å². The van der Waals surface area contributed by atoms with Crippen LogP contribution < -0.4 is 5.32 Å². The van der Waals surface area contributed by atoms with E-state index in [0.29, 0.717) is 19.0 Å². The molecular formula is C15H16N4O. The van der Waals surface area contributed by atoms with Crippen LogP contribution in [0.1, 0.15) is 5.69 Å². The third kappa shape index (κ3) is 2.72. The molecule has 1 aliphatic heterocycles. The Labute approximate surface area is 117 Å². The monoisotopic (exact) mass is 268 g/mol. The number of hydrogen-bond donors (Lipinski definition) is 1. The van der Waals surface area contributed by atoms with E-state index in [1.165, 1.54) is 0 Å². The molecule has 0 saturated carbocycles. The molecular weight excluding hydrogens is 252 g/mol. The Balaban J connectivity index is 1.73. The van der Waals surface area contributed by atoms with Gasteiger partial charge >= 0.3 is 0 Å². The predicted molar refractivity (Wildman–Crippen MR) is 74.6 cm³/mol. The number of aromatic nitrogens is 1. The molecule has 1 N–H and O–H groups in total. The maximum absolute atomic E-state index is 9.15. The van der Waals surface area contributed by atoms with Gasteiger partial charge in [-0.05, 0) is 12.1 Å². The van der Waals surface area contributed by atoms with Gasteiger partial charge in [0.05, 0.1) is 11.8 Å². The molecule has 1 aromatic carbocycles. The summed E-state index contributed by atoms with van der Waals surface area (Å²) in [4.78, 5) is 6.63. The van der Waals surface area contributed by atoms with E-state index in [4.69, 9.17) is 9.68 Å². The number of nitriles is 1. The summed E-state index contributed by atoms with van der Waals surface area (Å²) in [5, 5.41) is 12.4. The number of piperazine rings is 1. The molecule has 1 aliphatic rings. The van der Waals surface area contributed by atoms with Gasteiger partial charge in [-0.15, -0.1) is 0 Å². The molecule has 0 spiro atoms. The minimum Gasteiger partial charge on any atom is -0.444 e. The largest absolute Gasteiger partial charge is 0.444 e. The molecule has 5 heteroatoms. The number of benzene rings is 1. The van der Waals surface area contributed by atoms with Crippen LogP contribution in [0.4, 0.5) is 0 Å². The van der Waals surface area contributed by atoms with Gasteiger partial charge in [0, 0.05) is 31.7 Å². The van der Waals surface area contributed by atoms with Crippen molar-refractivity contribution in [2.45, 2.75) is 12.6 Å². The van der Waals surface area contributed by atoms with Crippen molar-refractivity contribution >= 4 is 0 Å². The van der Waals surface area contributed by atoms with Gasteiger partial charge in [-0.25, -0.2) is 4.98 Å². The van der Waals surface area contributed by atoms with Crippen LogP contribution >= 0.6 is 0 Å². The summed E-state index contributed by atoms with van der Waals surface area (Å²) in [5.74, 6) is 0.629. The fourth-order valence-electron chi connectivity index (χ4n) is 2.36. The number of nitrogens with one attached hydrogen (secondary N) is 1. The lowest BCUT2D eigenvalue weighted by molar-refractivity contribution is 0.187. The van der Waals surface area contributed by atoms with Crippen molar-refractivity contribution in [3.05, 3.63) is 42.3 Å². The second-order valence-electron chi connectivity index (χ2n) is 4.83. The smallest absolute Gasteiger partial charge is 0.226 e. The number of nitrogens with zero attached hydrogens (tertiary/aromatic N) is 3. The molecule has 1 atom stereocenters. The molecule has 102 valence electrons. The molecule has 3 rings (SSSR count). The Kier molecular flexibility index (Phi) is 3.77. The standard InChI is InChI=1S/C15H16N4O/c16-8-14-9-17-6-7-19(14)10-13-11-20-15(18-13)12-4-2-1-3-5-12/h1-5,11,14,17H,6-7,9-10H2. The van der Waals surface area contributed by atoms with Crippen molar-refractivity contribution in [2.75, 3.05) is 19.6 Å². The van der Waals surface area contributed by atoms with Crippen LogP contribution in [0.5, 0.6) is 0 Å². The van der Waals surface area contributed by atoms with Crippen molar-refractivity contribution in [1.82, 2.24) is 15.2 Å². The second-order valence-corrected chi connectivity index (χ2v) is 4.83.